The number of nitrogens with two attached hydrogens (primary N) is 1. The SMILES string of the molecule is CCC(=O)[C@H](N)CO. The second-order valence-corrected chi connectivity index (χ2v) is 1.61. The van der Waals surface area contributed by atoms with Crippen molar-refractivity contribution in [2.75, 3.05) is 6.61 Å². The molecule has 0 radical (unpaired) electrons. The van der Waals surface area contributed by atoms with Crippen LogP contribution in [0, 0.1) is 0 Å². The maximum atomic E-state index is 10.5. The first-order valence-electron chi connectivity index (χ1n) is 2.61. The van der Waals surface area contributed by atoms with E-state index in [4.69, 9.17) is 10.8 Å². The Bertz CT molecular complexity index is 82.5. The number of Topliss-reactive ketones (excluding diaryl/α,β-unsaturated/α-hetero) is 1. The number of aliphatic hydroxyl groups excluding tert-OH is 1. The highest BCUT2D eigenvalue weighted by atomic mass is 16.3. The number of aliphatic hydroxyl groups is 1. The highest BCUT2D eigenvalue weighted by Gasteiger charge is 2.07. The van der Waals surface area contributed by atoms with Gasteiger partial charge in [-0.25, -0.2) is 0 Å². The number of carbonyl (C=O) groups excluding carboxylic acids is 1. The average Bonchev–Trinajstić information content (AvgIpc) is 1.84. The van der Waals surface area contributed by atoms with Gasteiger partial charge in [0.05, 0.1) is 12.6 Å². The molecule has 0 amide bonds. The summed E-state index contributed by atoms with van der Waals surface area (Å²) >= 11 is 0. The number of rotatable bonds is 3. The molecule has 0 heterocycles. The molecule has 0 aliphatic rings. The fourth-order valence-electron chi connectivity index (χ4n) is 0.364. The Morgan fingerprint density at radius 2 is 2.38 bits per heavy atom. The molecular formula is C5H11NO2. The Labute approximate surface area is 48.5 Å². The third-order valence-corrected chi connectivity index (χ3v) is 0.959. The summed E-state index contributed by atoms with van der Waals surface area (Å²) in [5.74, 6) is -0.0903. The van der Waals surface area contributed by atoms with Crippen molar-refractivity contribution in [1.82, 2.24) is 0 Å². The van der Waals surface area contributed by atoms with Gasteiger partial charge in [-0.1, -0.05) is 6.92 Å². The lowest BCUT2D eigenvalue weighted by Gasteiger charge is -2.01. The van der Waals surface area contributed by atoms with Gasteiger partial charge >= 0.3 is 0 Å². The molecule has 0 aliphatic heterocycles. The molecule has 48 valence electrons. The third kappa shape index (κ3) is 2.04. The predicted octanol–water partition coefficient (Wildman–Crippen LogP) is -0.715. The van der Waals surface area contributed by atoms with Crippen molar-refractivity contribution in [3.63, 3.8) is 0 Å². The summed E-state index contributed by atoms with van der Waals surface area (Å²) in [7, 11) is 0. The molecule has 3 N–H and O–H groups in total. The van der Waals surface area contributed by atoms with E-state index in [-0.39, 0.29) is 12.4 Å². The highest BCUT2D eigenvalue weighted by molar-refractivity contribution is 5.83. The highest BCUT2D eigenvalue weighted by Crippen LogP contribution is 1.84. The Hall–Kier alpha value is -0.410. The Balaban J connectivity index is 3.46. The van der Waals surface area contributed by atoms with Gasteiger partial charge in [0.25, 0.3) is 0 Å². The van der Waals surface area contributed by atoms with Gasteiger partial charge in [-0.2, -0.15) is 0 Å². The van der Waals surface area contributed by atoms with Crippen molar-refractivity contribution in [2.24, 2.45) is 5.73 Å². The Morgan fingerprint density at radius 1 is 1.88 bits per heavy atom. The largest absolute Gasteiger partial charge is 0.394 e. The lowest BCUT2D eigenvalue weighted by molar-refractivity contribution is -0.120. The Morgan fingerprint density at radius 3 is 2.50 bits per heavy atom. The predicted molar refractivity (Wildman–Crippen MR) is 30.4 cm³/mol. The fourth-order valence-corrected chi connectivity index (χ4v) is 0.364. The molecule has 0 aliphatic carbocycles. The molecule has 0 bridgehead atoms. The van der Waals surface area contributed by atoms with Gasteiger partial charge < -0.3 is 10.8 Å². The van der Waals surface area contributed by atoms with Crippen molar-refractivity contribution in [3.05, 3.63) is 0 Å². The van der Waals surface area contributed by atoms with Crippen molar-refractivity contribution >= 4 is 5.78 Å². The first-order valence-corrected chi connectivity index (χ1v) is 2.61. The lowest BCUT2D eigenvalue weighted by atomic mass is 10.2. The van der Waals surface area contributed by atoms with Crippen LogP contribution >= 0.6 is 0 Å². The van der Waals surface area contributed by atoms with E-state index in [1.165, 1.54) is 0 Å². The number of carbonyl (C=O) groups is 1. The summed E-state index contributed by atoms with van der Waals surface area (Å²) in [4.78, 5) is 10.5. The van der Waals surface area contributed by atoms with E-state index < -0.39 is 6.04 Å². The minimum absolute atomic E-state index is 0.0903. The second kappa shape index (κ2) is 3.57. The molecule has 3 heteroatoms. The molecule has 0 unspecified atom stereocenters. The third-order valence-electron chi connectivity index (χ3n) is 0.959. The second-order valence-electron chi connectivity index (χ2n) is 1.61. The van der Waals surface area contributed by atoms with E-state index in [0.29, 0.717) is 6.42 Å². The zero-order chi connectivity index (χ0) is 6.57. The van der Waals surface area contributed by atoms with Crippen LogP contribution in [0.1, 0.15) is 13.3 Å². The van der Waals surface area contributed by atoms with Gasteiger partial charge in [0.2, 0.25) is 0 Å². The van der Waals surface area contributed by atoms with Crippen LogP contribution in [0.2, 0.25) is 0 Å². The van der Waals surface area contributed by atoms with Crippen LogP contribution in [0.15, 0.2) is 0 Å². The molecule has 0 rings (SSSR count). The molecule has 0 aromatic heterocycles. The van der Waals surface area contributed by atoms with E-state index in [0.717, 1.165) is 0 Å². The van der Waals surface area contributed by atoms with Crippen LogP contribution in [0.25, 0.3) is 0 Å². The smallest absolute Gasteiger partial charge is 0.151 e. The molecule has 0 aromatic carbocycles. The zero-order valence-electron chi connectivity index (χ0n) is 4.92. The van der Waals surface area contributed by atoms with Crippen molar-refractivity contribution < 1.29 is 9.90 Å². The first-order chi connectivity index (χ1) is 3.72. The minimum atomic E-state index is -0.667. The summed E-state index contributed by atoms with van der Waals surface area (Å²) in [5.41, 5.74) is 5.13. The van der Waals surface area contributed by atoms with Crippen LogP contribution in [0.5, 0.6) is 0 Å². The average molecular weight is 117 g/mol. The molecular weight excluding hydrogens is 106 g/mol. The van der Waals surface area contributed by atoms with Gasteiger partial charge in [-0.3, -0.25) is 4.79 Å². The molecule has 0 saturated heterocycles. The molecule has 1 atom stereocenters. The molecule has 0 spiro atoms. The fraction of sp³-hybridized carbons (Fsp3) is 0.800. The maximum absolute atomic E-state index is 10.5. The summed E-state index contributed by atoms with van der Waals surface area (Å²) < 4.78 is 0. The van der Waals surface area contributed by atoms with Crippen molar-refractivity contribution in [2.45, 2.75) is 19.4 Å². The first kappa shape index (κ1) is 7.59. The van der Waals surface area contributed by atoms with Crippen LogP contribution in [-0.2, 0) is 4.79 Å². The summed E-state index contributed by atoms with van der Waals surface area (Å²) in [6, 6.07) is -0.667. The lowest BCUT2D eigenvalue weighted by Crippen LogP contribution is -2.33. The summed E-state index contributed by atoms with van der Waals surface area (Å²) in [6.45, 7) is 1.48. The van der Waals surface area contributed by atoms with Gasteiger partial charge in [0.15, 0.2) is 5.78 Å². The monoisotopic (exact) mass is 117 g/mol. The maximum Gasteiger partial charge on any atom is 0.151 e. The van der Waals surface area contributed by atoms with E-state index in [2.05, 4.69) is 0 Å². The Kier molecular flexibility index (Phi) is 3.39. The topological polar surface area (TPSA) is 63.3 Å². The van der Waals surface area contributed by atoms with Crippen LogP contribution in [-0.4, -0.2) is 23.5 Å². The minimum Gasteiger partial charge on any atom is -0.394 e. The van der Waals surface area contributed by atoms with E-state index in [1.54, 1.807) is 6.92 Å². The standard InChI is InChI=1S/C5H11NO2/c1-2-5(8)4(6)3-7/h4,7H,2-3,6H2,1H3/t4-/m1/s1. The van der Waals surface area contributed by atoms with Crippen molar-refractivity contribution in [3.8, 4) is 0 Å². The summed E-state index contributed by atoms with van der Waals surface area (Å²) in [6.07, 6.45) is 0.404. The zero-order valence-corrected chi connectivity index (χ0v) is 4.92. The van der Waals surface area contributed by atoms with Crippen molar-refractivity contribution in [1.29, 1.82) is 0 Å². The van der Waals surface area contributed by atoms with E-state index in [9.17, 15) is 4.79 Å². The molecule has 0 aromatic rings. The summed E-state index contributed by atoms with van der Waals surface area (Å²) in [5, 5.41) is 8.29. The molecule has 0 saturated carbocycles. The van der Waals surface area contributed by atoms with E-state index in [1.807, 2.05) is 0 Å². The van der Waals surface area contributed by atoms with Gasteiger partial charge in [-0.05, 0) is 0 Å². The van der Waals surface area contributed by atoms with Crippen LogP contribution in [0.4, 0.5) is 0 Å². The number of hydrogen-bond donors (Lipinski definition) is 2. The quantitative estimate of drug-likeness (QED) is 0.513. The number of hydrogen-bond acceptors (Lipinski definition) is 3. The molecule has 0 fully saturated rings. The van der Waals surface area contributed by atoms with Gasteiger partial charge in [-0.15, -0.1) is 0 Å². The van der Waals surface area contributed by atoms with Gasteiger partial charge in [0, 0.05) is 6.42 Å². The van der Waals surface area contributed by atoms with Crippen LogP contribution < -0.4 is 5.73 Å². The molecule has 8 heavy (non-hydrogen) atoms. The normalized spacial score (nSPS) is 13.4. The van der Waals surface area contributed by atoms with Crippen LogP contribution in [0.3, 0.4) is 0 Å². The van der Waals surface area contributed by atoms with E-state index >= 15 is 0 Å². The molecule has 3 nitrogen and oxygen atoms in total. The van der Waals surface area contributed by atoms with Gasteiger partial charge in [0.1, 0.15) is 0 Å². The number of ketones is 1.